The summed E-state index contributed by atoms with van der Waals surface area (Å²) in [6.45, 7) is 4.00. The zero-order valence-corrected chi connectivity index (χ0v) is 9.26. The van der Waals surface area contributed by atoms with Gasteiger partial charge in [0.25, 0.3) is 0 Å². The molecule has 0 saturated carbocycles. The van der Waals surface area contributed by atoms with Crippen LogP contribution in [-0.2, 0) is 0 Å². The van der Waals surface area contributed by atoms with Crippen molar-refractivity contribution in [3.05, 3.63) is 39.0 Å². The molecule has 0 aliphatic rings. The van der Waals surface area contributed by atoms with Crippen LogP contribution in [0.25, 0.3) is 0 Å². The predicted molar refractivity (Wildman–Crippen MR) is 59.2 cm³/mol. The summed E-state index contributed by atoms with van der Waals surface area (Å²) in [5.41, 5.74) is 0.653. The van der Waals surface area contributed by atoms with Gasteiger partial charge in [-0.25, -0.2) is 0 Å². The normalized spacial score (nSPS) is 10.2. The first-order valence-corrected chi connectivity index (χ1v) is 4.95. The number of anilines is 1. The highest BCUT2D eigenvalue weighted by molar-refractivity contribution is 9.10. The quantitative estimate of drug-likeness (QED) is 0.863. The van der Waals surface area contributed by atoms with E-state index >= 15 is 0 Å². The average molecular weight is 242 g/mol. The fraction of sp³-hybridized carbons (Fsp3) is 0.300. The number of hydrogen-bond donors (Lipinski definition) is 1. The number of hydrogen-bond acceptors (Lipinski definition) is 2. The fourth-order valence-corrected chi connectivity index (χ4v) is 1.24. The molecule has 0 radical (unpaired) electrons. The average Bonchev–Trinajstić information content (AvgIpc) is 2.19. The van der Waals surface area contributed by atoms with Crippen LogP contribution in [-0.4, -0.2) is 6.04 Å². The molecule has 0 aliphatic heterocycles. The Morgan fingerprint density at radius 1 is 1.23 bits per heavy atom. The van der Waals surface area contributed by atoms with E-state index in [9.17, 15) is 4.79 Å². The molecule has 0 amide bonds. The molecule has 0 aromatic heterocycles. The monoisotopic (exact) mass is 241 g/mol. The molecular formula is C10H12BrNO. The van der Waals surface area contributed by atoms with Crippen molar-refractivity contribution in [3.8, 4) is 0 Å². The van der Waals surface area contributed by atoms with Crippen LogP contribution >= 0.6 is 15.9 Å². The molecule has 0 aliphatic carbocycles. The summed E-state index contributed by atoms with van der Waals surface area (Å²) < 4.78 is 0.904. The van der Waals surface area contributed by atoms with Crippen LogP contribution < -0.4 is 10.7 Å². The first-order valence-electron chi connectivity index (χ1n) is 4.16. The lowest BCUT2D eigenvalue weighted by Crippen LogP contribution is -2.15. The first-order chi connectivity index (χ1) is 6.09. The molecule has 0 spiro atoms. The standard InChI is InChI=1S/C10H12BrNO/c1-7(2)12-9-5-3-8(11)4-6-10(9)13/h3-7H,1-2H3,(H,12,13). The van der Waals surface area contributed by atoms with Gasteiger partial charge in [0.2, 0.25) is 5.43 Å². The Bertz CT molecular complexity index is 349. The molecule has 70 valence electrons. The van der Waals surface area contributed by atoms with Crippen molar-refractivity contribution in [2.45, 2.75) is 19.9 Å². The van der Waals surface area contributed by atoms with Gasteiger partial charge in [-0.2, -0.15) is 0 Å². The molecule has 2 nitrogen and oxygen atoms in total. The summed E-state index contributed by atoms with van der Waals surface area (Å²) in [6, 6.07) is 7.20. The molecule has 0 heterocycles. The fourth-order valence-electron chi connectivity index (χ4n) is 0.976. The van der Waals surface area contributed by atoms with Gasteiger partial charge in [-0.05, 0) is 38.1 Å². The van der Waals surface area contributed by atoms with Gasteiger partial charge in [0.1, 0.15) is 0 Å². The van der Waals surface area contributed by atoms with Crippen molar-refractivity contribution in [1.82, 2.24) is 0 Å². The summed E-state index contributed by atoms with van der Waals surface area (Å²) in [5.74, 6) is 0. The SMILES string of the molecule is CC(C)Nc1ccc(Br)ccc1=O. The number of rotatable bonds is 2. The zero-order valence-electron chi connectivity index (χ0n) is 7.67. The highest BCUT2D eigenvalue weighted by Crippen LogP contribution is 2.08. The van der Waals surface area contributed by atoms with Crippen molar-refractivity contribution >= 4 is 21.6 Å². The second kappa shape index (κ2) is 4.42. The van der Waals surface area contributed by atoms with Crippen LogP contribution in [0.3, 0.4) is 0 Å². The zero-order chi connectivity index (χ0) is 9.84. The van der Waals surface area contributed by atoms with E-state index in [-0.39, 0.29) is 11.5 Å². The summed E-state index contributed by atoms with van der Waals surface area (Å²) in [7, 11) is 0. The number of nitrogens with one attached hydrogen (secondary N) is 1. The third-order valence-electron chi connectivity index (χ3n) is 1.51. The molecular weight excluding hydrogens is 230 g/mol. The Labute approximate surface area is 86.1 Å². The van der Waals surface area contributed by atoms with E-state index < -0.39 is 0 Å². The molecule has 0 bridgehead atoms. The molecule has 1 aromatic carbocycles. The van der Waals surface area contributed by atoms with E-state index in [0.29, 0.717) is 5.69 Å². The van der Waals surface area contributed by atoms with E-state index in [1.54, 1.807) is 18.2 Å². The Balaban J connectivity index is 3.09. The summed E-state index contributed by atoms with van der Waals surface area (Å²) in [6.07, 6.45) is 0. The molecule has 0 unspecified atom stereocenters. The van der Waals surface area contributed by atoms with Crippen molar-refractivity contribution in [2.24, 2.45) is 0 Å². The van der Waals surface area contributed by atoms with Crippen LogP contribution in [0.15, 0.2) is 33.5 Å². The van der Waals surface area contributed by atoms with Gasteiger partial charge >= 0.3 is 0 Å². The Morgan fingerprint density at radius 3 is 2.46 bits per heavy atom. The summed E-state index contributed by atoms with van der Waals surface area (Å²) in [5, 5.41) is 3.09. The van der Waals surface area contributed by atoms with Crippen LogP contribution in [0.2, 0.25) is 0 Å². The lowest BCUT2D eigenvalue weighted by Gasteiger charge is -2.06. The van der Waals surface area contributed by atoms with E-state index in [4.69, 9.17) is 0 Å². The van der Waals surface area contributed by atoms with E-state index in [0.717, 1.165) is 4.47 Å². The topological polar surface area (TPSA) is 29.1 Å². The second-order valence-electron chi connectivity index (χ2n) is 3.13. The predicted octanol–water partition coefficient (Wildman–Crippen LogP) is 2.63. The van der Waals surface area contributed by atoms with Crippen LogP contribution in [0.4, 0.5) is 5.69 Å². The molecule has 0 saturated heterocycles. The minimum atomic E-state index is 0.0133. The van der Waals surface area contributed by atoms with Crippen molar-refractivity contribution in [2.75, 3.05) is 5.32 Å². The molecule has 0 atom stereocenters. The summed E-state index contributed by atoms with van der Waals surface area (Å²) >= 11 is 3.31. The Morgan fingerprint density at radius 2 is 1.85 bits per heavy atom. The largest absolute Gasteiger partial charge is 0.380 e. The molecule has 0 fully saturated rings. The van der Waals surface area contributed by atoms with Crippen LogP contribution in [0.5, 0.6) is 0 Å². The third-order valence-corrected chi connectivity index (χ3v) is 2.04. The minimum absolute atomic E-state index is 0.0133. The lowest BCUT2D eigenvalue weighted by molar-refractivity contribution is 0.898. The maximum Gasteiger partial charge on any atom is 0.201 e. The van der Waals surface area contributed by atoms with E-state index in [1.165, 1.54) is 0 Å². The molecule has 1 N–H and O–H groups in total. The maximum atomic E-state index is 11.4. The molecule has 1 rings (SSSR count). The third kappa shape index (κ3) is 3.19. The lowest BCUT2D eigenvalue weighted by atomic mass is 10.3. The van der Waals surface area contributed by atoms with Gasteiger partial charge < -0.3 is 5.32 Å². The summed E-state index contributed by atoms with van der Waals surface area (Å²) in [4.78, 5) is 11.4. The highest BCUT2D eigenvalue weighted by Gasteiger charge is 1.97. The van der Waals surface area contributed by atoms with Crippen LogP contribution in [0, 0.1) is 0 Å². The number of halogens is 1. The van der Waals surface area contributed by atoms with Crippen molar-refractivity contribution < 1.29 is 0 Å². The van der Waals surface area contributed by atoms with Gasteiger partial charge in [-0.3, -0.25) is 4.79 Å². The smallest absolute Gasteiger partial charge is 0.201 e. The van der Waals surface area contributed by atoms with E-state index in [2.05, 4.69) is 21.2 Å². The molecule has 1 aromatic rings. The Hall–Kier alpha value is -0.830. The van der Waals surface area contributed by atoms with Gasteiger partial charge in [0.05, 0.1) is 5.69 Å². The van der Waals surface area contributed by atoms with Gasteiger partial charge in [0, 0.05) is 10.5 Å². The van der Waals surface area contributed by atoms with Gasteiger partial charge in [-0.15, -0.1) is 0 Å². The minimum Gasteiger partial charge on any atom is -0.380 e. The van der Waals surface area contributed by atoms with Gasteiger partial charge in [-0.1, -0.05) is 15.9 Å². The van der Waals surface area contributed by atoms with Crippen molar-refractivity contribution in [1.29, 1.82) is 0 Å². The molecule has 13 heavy (non-hydrogen) atoms. The van der Waals surface area contributed by atoms with E-state index in [1.807, 2.05) is 19.9 Å². The van der Waals surface area contributed by atoms with Gasteiger partial charge in [0.15, 0.2) is 0 Å². The van der Waals surface area contributed by atoms with Crippen LogP contribution in [0.1, 0.15) is 13.8 Å². The molecule has 3 heteroatoms. The Kier molecular flexibility index (Phi) is 3.48. The van der Waals surface area contributed by atoms with Crippen molar-refractivity contribution in [3.63, 3.8) is 0 Å². The first kappa shape index (κ1) is 10.3. The maximum absolute atomic E-state index is 11.4. The second-order valence-corrected chi connectivity index (χ2v) is 4.04. The highest BCUT2D eigenvalue weighted by atomic mass is 79.9.